The Hall–Kier alpha value is -7.63. The standard InChI is InChI=1S/C41H32N8O15S4/c1-21-15-35(36(64-2)20-34(21)47-46-33-12-9-27(66(55,56)57)19-37(33)67(58,59)60)48-44-31-13-14-32(30-18-26(65(52,53)54)8-11-29(30)31)45-49-39-38(68(61,62)63)17-23-16-25(7-10-28(23)40(39)50)43-41(51)22-3-5-24(42)6-4-22/h3-20,50H,42H2,1-2H3,(H,43,51)(H,52,53,54)(H,55,56,57)(H,58,59,60)(H,61,62,63). The molecule has 0 radical (unpaired) electrons. The van der Waals surface area contributed by atoms with Crippen LogP contribution in [-0.2, 0) is 40.5 Å². The molecule has 1 amide bonds. The molecule has 0 saturated heterocycles. The van der Waals surface area contributed by atoms with Gasteiger partial charge in [-0.15, -0.1) is 25.6 Å². The molecule has 7 rings (SSSR count). The zero-order valence-electron chi connectivity index (χ0n) is 34.6. The van der Waals surface area contributed by atoms with E-state index in [1.807, 2.05) is 0 Å². The number of ether oxygens (including phenoxy) is 1. The Kier molecular flexibility index (Phi) is 12.9. The molecule has 68 heavy (non-hydrogen) atoms. The second-order valence-corrected chi connectivity index (χ2v) is 20.0. The monoisotopic (exact) mass is 1000 g/mol. The number of azo groups is 3. The minimum atomic E-state index is -5.12. The molecule has 350 valence electrons. The minimum absolute atomic E-state index is 0.0247. The van der Waals surface area contributed by atoms with Crippen LogP contribution in [0.3, 0.4) is 0 Å². The Labute approximate surface area is 385 Å². The average Bonchev–Trinajstić information content (AvgIpc) is 3.26. The van der Waals surface area contributed by atoms with Gasteiger partial charge in [0.2, 0.25) is 0 Å². The maximum absolute atomic E-state index is 12.8. The summed E-state index contributed by atoms with van der Waals surface area (Å²) >= 11 is 0. The first-order valence-corrected chi connectivity index (χ1v) is 24.6. The molecule has 23 nitrogen and oxygen atoms in total. The van der Waals surface area contributed by atoms with Crippen molar-refractivity contribution in [3.63, 3.8) is 0 Å². The number of carbonyl (C=O) groups excluding carboxylic acids is 1. The average molecular weight is 1010 g/mol. The third-order valence-corrected chi connectivity index (χ3v) is 13.2. The zero-order valence-corrected chi connectivity index (χ0v) is 37.9. The molecule has 0 aliphatic heterocycles. The number of nitrogens with zero attached hydrogens (tertiary/aromatic N) is 6. The first kappa shape index (κ1) is 48.3. The van der Waals surface area contributed by atoms with Crippen LogP contribution in [0.5, 0.6) is 11.5 Å². The van der Waals surface area contributed by atoms with Gasteiger partial charge in [0.05, 0.1) is 34.0 Å². The lowest BCUT2D eigenvalue weighted by Crippen LogP contribution is -2.11. The summed E-state index contributed by atoms with van der Waals surface area (Å²) in [5.74, 6) is -1.21. The number of hydrogen-bond acceptors (Lipinski definition) is 18. The highest BCUT2D eigenvalue weighted by atomic mass is 32.2. The van der Waals surface area contributed by atoms with Gasteiger partial charge in [0.1, 0.15) is 32.6 Å². The molecule has 7 aromatic carbocycles. The summed E-state index contributed by atoms with van der Waals surface area (Å²) in [5, 5.41) is 38.7. The second kappa shape index (κ2) is 18.2. The fourth-order valence-corrected chi connectivity index (χ4v) is 8.86. The number of aryl methyl sites for hydroxylation is 1. The summed E-state index contributed by atoms with van der Waals surface area (Å²) in [5.41, 5.74) is 5.93. The van der Waals surface area contributed by atoms with Crippen LogP contribution in [0.15, 0.2) is 159 Å². The van der Waals surface area contributed by atoms with Gasteiger partial charge in [-0.1, -0.05) is 6.07 Å². The topological polar surface area (TPSA) is 376 Å². The van der Waals surface area contributed by atoms with Crippen molar-refractivity contribution in [1.29, 1.82) is 0 Å². The summed E-state index contributed by atoms with van der Waals surface area (Å²) < 4.78 is 141. The predicted octanol–water partition coefficient (Wildman–Crippen LogP) is 9.08. The van der Waals surface area contributed by atoms with E-state index in [4.69, 9.17) is 10.5 Å². The number of amides is 1. The third-order valence-electron chi connectivity index (χ3n) is 9.79. The molecule has 7 aromatic rings. The van der Waals surface area contributed by atoms with Gasteiger partial charge in [0, 0.05) is 39.2 Å². The van der Waals surface area contributed by atoms with Crippen molar-refractivity contribution in [2.45, 2.75) is 26.5 Å². The Morgan fingerprint density at radius 1 is 0.544 bits per heavy atom. The normalized spacial score (nSPS) is 12.7. The maximum Gasteiger partial charge on any atom is 0.296 e. The van der Waals surface area contributed by atoms with E-state index in [2.05, 4.69) is 36.0 Å². The van der Waals surface area contributed by atoms with E-state index in [9.17, 15) is 61.8 Å². The van der Waals surface area contributed by atoms with Crippen LogP contribution in [0, 0.1) is 6.92 Å². The van der Waals surface area contributed by atoms with Gasteiger partial charge in [-0.2, -0.15) is 38.8 Å². The summed E-state index contributed by atoms with van der Waals surface area (Å²) in [6.07, 6.45) is 0. The van der Waals surface area contributed by atoms with Crippen molar-refractivity contribution >= 4 is 113 Å². The highest BCUT2D eigenvalue weighted by Gasteiger charge is 2.24. The number of fused-ring (bicyclic) bond motifs is 2. The molecule has 0 bridgehead atoms. The zero-order chi connectivity index (χ0) is 49.5. The van der Waals surface area contributed by atoms with Crippen LogP contribution in [0.25, 0.3) is 21.5 Å². The lowest BCUT2D eigenvalue weighted by atomic mass is 10.1. The number of phenols is 1. The molecule has 0 saturated carbocycles. The number of phenolic OH excluding ortho intramolecular Hbond substituents is 1. The molecule has 8 N–H and O–H groups in total. The van der Waals surface area contributed by atoms with Crippen molar-refractivity contribution in [3.05, 3.63) is 120 Å². The first-order valence-electron chi connectivity index (χ1n) is 18.8. The highest BCUT2D eigenvalue weighted by molar-refractivity contribution is 7.87. The van der Waals surface area contributed by atoms with E-state index in [0.29, 0.717) is 17.3 Å². The largest absolute Gasteiger partial charge is 0.505 e. The summed E-state index contributed by atoms with van der Waals surface area (Å²) in [6.45, 7) is 1.56. The predicted molar refractivity (Wildman–Crippen MR) is 244 cm³/mol. The Balaban J connectivity index is 1.25. The van der Waals surface area contributed by atoms with Gasteiger partial charge in [-0.25, -0.2) is 0 Å². The first-order chi connectivity index (χ1) is 31.8. The van der Waals surface area contributed by atoms with E-state index < -0.39 is 83.1 Å². The quantitative estimate of drug-likeness (QED) is 0.0321. The number of anilines is 2. The Bertz CT molecular complexity index is 3810. The van der Waals surface area contributed by atoms with Gasteiger partial charge >= 0.3 is 0 Å². The third kappa shape index (κ3) is 10.5. The lowest BCUT2D eigenvalue weighted by Gasteiger charge is -2.11. The lowest BCUT2D eigenvalue weighted by molar-refractivity contribution is 0.102. The minimum Gasteiger partial charge on any atom is -0.505 e. The van der Waals surface area contributed by atoms with Crippen molar-refractivity contribution in [1.82, 2.24) is 0 Å². The molecule has 27 heteroatoms. The second-order valence-electron chi connectivity index (χ2n) is 14.3. The molecule has 0 heterocycles. The molecule has 0 spiro atoms. The number of nitrogen functional groups attached to an aromatic ring is 1. The van der Waals surface area contributed by atoms with Crippen LogP contribution in [0.1, 0.15) is 15.9 Å². The van der Waals surface area contributed by atoms with Crippen molar-refractivity contribution in [3.8, 4) is 11.5 Å². The molecule has 0 aliphatic rings. The SMILES string of the molecule is COc1cc(N=Nc2ccc(S(=O)(=O)O)cc2S(=O)(=O)O)c(C)cc1N=Nc1ccc(N=Nc2c(S(=O)(=O)O)cc3cc(NC(=O)c4ccc(N)cc4)ccc3c2O)c2cc(S(=O)(=O)O)ccc12. The molecule has 0 atom stereocenters. The number of methoxy groups -OCH3 is 1. The van der Waals surface area contributed by atoms with Crippen molar-refractivity contribution in [2.24, 2.45) is 30.7 Å². The molecule has 0 fully saturated rings. The molecular weight excluding hydrogens is 973 g/mol. The number of hydrogen-bond donors (Lipinski definition) is 7. The van der Waals surface area contributed by atoms with Crippen LogP contribution in [0.2, 0.25) is 0 Å². The number of rotatable bonds is 13. The fourth-order valence-electron chi connectivity index (χ4n) is 6.47. The highest BCUT2D eigenvalue weighted by Crippen LogP contribution is 2.44. The van der Waals surface area contributed by atoms with Crippen LogP contribution >= 0.6 is 0 Å². The van der Waals surface area contributed by atoms with E-state index >= 15 is 0 Å². The van der Waals surface area contributed by atoms with Crippen LogP contribution in [-0.4, -0.2) is 70.0 Å². The summed E-state index contributed by atoms with van der Waals surface area (Å²) in [4.78, 5) is 9.57. The molecular formula is C41H32N8O15S4. The van der Waals surface area contributed by atoms with Gasteiger partial charge < -0.3 is 20.9 Å². The number of benzene rings is 7. The van der Waals surface area contributed by atoms with E-state index in [0.717, 1.165) is 30.3 Å². The van der Waals surface area contributed by atoms with Gasteiger partial charge in [0.15, 0.2) is 5.75 Å². The van der Waals surface area contributed by atoms with Gasteiger partial charge in [0.25, 0.3) is 46.4 Å². The molecule has 0 aliphatic carbocycles. The van der Waals surface area contributed by atoms with E-state index in [-0.39, 0.29) is 61.3 Å². The fraction of sp³-hybridized carbons (Fsp3) is 0.0488. The van der Waals surface area contributed by atoms with Crippen molar-refractivity contribution < 1.29 is 66.5 Å². The molecule has 0 aromatic heterocycles. The Morgan fingerprint density at radius 3 is 1.72 bits per heavy atom. The summed E-state index contributed by atoms with van der Waals surface area (Å²) in [6, 6.07) is 22.2. The van der Waals surface area contributed by atoms with E-state index in [1.54, 1.807) is 6.92 Å². The Morgan fingerprint density at radius 2 is 1.09 bits per heavy atom. The van der Waals surface area contributed by atoms with Gasteiger partial charge in [-0.05, 0) is 115 Å². The van der Waals surface area contributed by atoms with Crippen LogP contribution in [0.4, 0.5) is 45.5 Å². The van der Waals surface area contributed by atoms with Crippen molar-refractivity contribution in [2.75, 3.05) is 18.2 Å². The number of carbonyl (C=O) groups is 1. The smallest absolute Gasteiger partial charge is 0.296 e. The molecule has 0 unspecified atom stereocenters. The number of nitrogens with two attached hydrogens (primary N) is 1. The van der Waals surface area contributed by atoms with E-state index in [1.165, 1.54) is 79.9 Å². The number of aromatic hydroxyl groups is 1. The van der Waals surface area contributed by atoms with Crippen LogP contribution < -0.4 is 15.8 Å². The van der Waals surface area contributed by atoms with Gasteiger partial charge in [-0.3, -0.25) is 23.0 Å². The number of nitrogens with one attached hydrogen (secondary N) is 1. The summed E-state index contributed by atoms with van der Waals surface area (Å²) in [7, 11) is -18.5. The maximum atomic E-state index is 12.8.